The van der Waals surface area contributed by atoms with E-state index in [1.165, 1.54) is 0 Å². The number of imide groups is 1. The Bertz CT molecular complexity index is 398. The van der Waals surface area contributed by atoms with Gasteiger partial charge in [-0.1, -0.05) is 17.7 Å². The topological polar surface area (TPSA) is 75.4 Å². The highest BCUT2D eigenvalue weighted by atomic mass is 35.5. The predicted octanol–water partition coefficient (Wildman–Crippen LogP) is 1.68. The van der Waals surface area contributed by atoms with Crippen LogP contribution in [0.4, 0.5) is 10.5 Å². The van der Waals surface area contributed by atoms with Crippen LogP contribution in [0, 0.1) is 0 Å². The molecule has 1 aromatic rings. The number of hydrogen-bond acceptors (Lipinski definition) is 3. The number of amides is 3. The van der Waals surface area contributed by atoms with Gasteiger partial charge in [-0.2, -0.15) is 0 Å². The first-order chi connectivity index (χ1) is 8.17. The summed E-state index contributed by atoms with van der Waals surface area (Å²) in [6, 6.07) is 6.21. The van der Waals surface area contributed by atoms with E-state index in [1.54, 1.807) is 24.3 Å². The summed E-state index contributed by atoms with van der Waals surface area (Å²) >= 11 is 5.77. The van der Waals surface area contributed by atoms with Crippen molar-refractivity contribution < 1.29 is 9.59 Å². The quantitative estimate of drug-likeness (QED) is 0.786. The third kappa shape index (κ3) is 4.42. The van der Waals surface area contributed by atoms with Crippen LogP contribution in [0.1, 0.15) is 6.42 Å². The summed E-state index contributed by atoms with van der Waals surface area (Å²) in [6.45, 7) is 0.723. The van der Waals surface area contributed by atoms with Crippen molar-refractivity contribution in [1.82, 2.24) is 4.90 Å². The lowest BCUT2D eigenvalue weighted by atomic mass is 10.3. The molecule has 0 aliphatic carbocycles. The molecule has 3 amide bonds. The van der Waals surface area contributed by atoms with Gasteiger partial charge >= 0.3 is 6.03 Å². The van der Waals surface area contributed by atoms with E-state index in [2.05, 4.69) is 5.32 Å². The lowest BCUT2D eigenvalue weighted by Crippen LogP contribution is -2.35. The van der Waals surface area contributed by atoms with Gasteiger partial charge in [0.25, 0.3) is 0 Å². The molecule has 1 rings (SSSR count). The number of anilines is 1. The number of carbonyl (C=O) groups is 2. The van der Waals surface area contributed by atoms with E-state index in [0.29, 0.717) is 36.6 Å². The Hall–Kier alpha value is -1.59. The molecule has 0 aromatic heterocycles. The molecule has 92 valence electrons. The second kappa shape index (κ2) is 6.88. The number of urea groups is 1. The maximum atomic E-state index is 11.7. The molecule has 0 atom stereocenters. The highest BCUT2D eigenvalue weighted by Gasteiger charge is 2.11. The highest BCUT2D eigenvalue weighted by Crippen LogP contribution is 2.15. The zero-order chi connectivity index (χ0) is 12.7. The average Bonchev–Trinajstić information content (AvgIpc) is 2.30. The Kier molecular flexibility index (Phi) is 5.45. The van der Waals surface area contributed by atoms with Crippen LogP contribution in [0.3, 0.4) is 0 Å². The molecule has 0 saturated heterocycles. The van der Waals surface area contributed by atoms with Crippen molar-refractivity contribution in [1.29, 1.82) is 0 Å². The number of hydrogen-bond donors (Lipinski definition) is 2. The van der Waals surface area contributed by atoms with Gasteiger partial charge in [0, 0.05) is 17.3 Å². The summed E-state index contributed by atoms with van der Waals surface area (Å²) in [5, 5.41) is 3.09. The SMILES string of the molecule is NCCCN(C=O)C(=O)Nc1cccc(Cl)c1. The van der Waals surface area contributed by atoms with Crippen molar-refractivity contribution in [2.45, 2.75) is 6.42 Å². The lowest BCUT2D eigenvalue weighted by Gasteiger charge is -2.15. The van der Waals surface area contributed by atoms with Crippen molar-refractivity contribution in [3.63, 3.8) is 0 Å². The highest BCUT2D eigenvalue weighted by molar-refractivity contribution is 6.30. The van der Waals surface area contributed by atoms with Gasteiger partial charge in [-0.15, -0.1) is 0 Å². The van der Waals surface area contributed by atoms with E-state index in [1.807, 2.05) is 0 Å². The Morgan fingerprint density at radius 3 is 2.88 bits per heavy atom. The summed E-state index contributed by atoms with van der Waals surface area (Å²) in [6.07, 6.45) is 1.05. The summed E-state index contributed by atoms with van der Waals surface area (Å²) in [4.78, 5) is 23.4. The first kappa shape index (κ1) is 13.5. The Balaban J connectivity index is 2.60. The van der Waals surface area contributed by atoms with E-state index in [0.717, 1.165) is 4.90 Å². The second-order valence-electron chi connectivity index (χ2n) is 3.38. The number of nitrogens with two attached hydrogens (primary N) is 1. The Labute approximate surface area is 105 Å². The molecule has 0 bridgehead atoms. The Morgan fingerprint density at radius 2 is 2.29 bits per heavy atom. The van der Waals surface area contributed by atoms with Gasteiger partial charge in [0.15, 0.2) is 0 Å². The fourth-order valence-corrected chi connectivity index (χ4v) is 1.42. The molecular weight excluding hydrogens is 242 g/mol. The van der Waals surface area contributed by atoms with Gasteiger partial charge in [0.05, 0.1) is 0 Å². The maximum Gasteiger partial charge on any atom is 0.328 e. The summed E-state index contributed by atoms with van der Waals surface area (Å²) in [5.41, 5.74) is 5.86. The second-order valence-corrected chi connectivity index (χ2v) is 3.82. The number of nitrogens with one attached hydrogen (secondary N) is 1. The number of halogens is 1. The van der Waals surface area contributed by atoms with Crippen molar-refractivity contribution in [2.24, 2.45) is 5.73 Å². The Morgan fingerprint density at radius 1 is 1.53 bits per heavy atom. The van der Waals surface area contributed by atoms with Gasteiger partial charge in [-0.3, -0.25) is 9.69 Å². The zero-order valence-corrected chi connectivity index (χ0v) is 9.98. The third-order valence-electron chi connectivity index (χ3n) is 2.07. The molecule has 0 aliphatic heterocycles. The molecule has 0 spiro atoms. The molecule has 0 aliphatic rings. The van der Waals surface area contributed by atoms with Crippen LogP contribution in [0.15, 0.2) is 24.3 Å². The minimum atomic E-state index is -0.490. The van der Waals surface area contributed by atoms with Gasteiger partial charge in [0.1, 0.15) is 0 Å². The molecular formula is C11H14ClN3O2. The standard InChI is InChI=1S/C11H14ClN3O2/c12-9-3-1-4-10(7-9)14-11(17)15(8-16)6-2-5-13/h1,3-4,7-8H,2,5-6,13H2,(H,14,17). The van der Waals surface area contributed by atoms with Crippen molar-refractivity contribution in [2.75, 3.05) is 18.4 Å². The normalized spacial score (nSPS) is 9.76. The molecule has 3 N–H and O–H groups in total. The van der Waals surface area contributed by atoms with Crippen LogP contribution >= 0.6 is 11.6 Å². The molecule has 0 unspecified atom stereocenters. The molecule has 0 heterocycles. The van der Waals surface area contributed by atoms with Crippen LogP contribution in [-0.4, -0.2) is 30.4 Å². The molecule has 17 heavy (non-hydrogen) atoms. The van der Waals surface area contributed by atoms with Crippen LogP contribution in [-0.2, 0) is 4.79 Å². The molecule has 0 fully saturated rings. The molecule has 6 heteroatoms. The van der Waals surface area contributed by atoms with Gasteiger partial charge in [-0.25, -0.2) is 4.79 Å². The zero-order valence-electron chi connectivity index (χ0n) is 9.23. The van der Waals surface area contributed by atoms with E-state index in [4.69, 9.17) is 17.3 Å². The number of nitrogens with zero attached hydrogens (tertiary/aromatic N) is 1. The van der Waals surface area contributed by atoms with Crippen LogP contribution in [0.2, 0.25) is 5.02 Å². The summed E-state index contributed by atoms with van der Waals surface area (Å²) < 4.78 is 0. The van der Waals surface area contributed by atoms with Crippen molar-refractivity contribution >= 4 is 29.7 Å². The van der Waals surface area contributed by atoms with Crippen molar-refractivity contribution in [3.8, 4) is 0 Å². The van der Waals surface area contributed by atoms with Crippen LogP contribution < -0.4 is 11.1 Å². The molecule has 0 saturated carbocycles. The molecule has 5 nitrogen and oxygen atoms in total. The van der Waals surface area contributed by atoms with E-state index in [-0.39, 0.29) is 0 Å². The smallest absolute Gasteiger partial charge is 0.328 e. The van der Waals surface area contributed by atoms with Crippen molar-refractivity contribution in [3.05, 3.63) is 29.3 Å². The monoisotopic (exact) mass is 255 g/mol. The van der Waals surface area contributed by atoms with E-state index < -0.39 is 6.03 Å². The number of benzene rings is 1. The van der Waals surface area contributed by atoms with E-state index >= 15 is 0 Å². The number of carbonyl (C=O) groups excluding carboxylic acids is 2. The van der Waals surface area contributed by atoms with Crippen LogP contribution in [0.5, 0.6) is 0 Å². The fraction of sp³-hybridized carbons (Fsp3) is 0.273. The predicted molar refractivity (Wildman–Crippen MR) is 66.9 cm³/mol. The largest absolute Gasteiger partial charge is 0.330 e. The van der Waals surface area contributed by atoms with Gasteiger partial charge in [-0.05, 0) is 31.2 Å². The first-order valence-electron chi connectivity index (χ1n) is 5.16. The minimum Gasteiger partial charge on any atom is -0.330 e. The maximum absolute atomic E-state index is 11.7. The average molecular weight is 256 g/mol. The fourth-order valence-electron chi connectivity index (χ4n) is 1.23. The summed E-state index contributed by atoms with van der Waals surface area (Å²) in [5.74, 6) is 0. The first-order valence-corrected chi connectivity index (χ1v) is 5.53. The lowest BCUT2D eigenvalue weighted by molar-refractivity contribution is -0.115. The van der Waals surface area contributed by atoms with Gasteiger partial charge < -0.3 is 11.1 Å². The third-order valence-corrected chi connectivity index (χ3v) is 2.30. The van der Waals surface area contributed by atoms with E-state index in [9.17, 15) is 9.59 Å². The number of rotatable bonds is 5. The minimum absolute atomic E-state index is 0.298. The van der Waals surface area contributed by atoms with Gasteiger partial charge in [0.2, 0.25) is 6.41 Å². The molecule has 0 radical (unpaired) electrons. The van der Waals surface area contributed by atoms with Crippen LogP contribution in [0.25, 0.3) is 0 Å². The molecule has 1 aromatic carbocycles. The summed E-state index contributed by atoms with van der Waals surface area (Å²) in [7, 11) is 0.